The van der Waals surface area contributed by atoms with E-state index in [0.29, 0.717) is 23.3 Å². The van der Waals surface area contributed by atoms with Crippen molar-refractivity contribution in [2.24, 2.45) is 0 Å². The van der Waals surface area contributed by atoms with Crippen LogP contribution in [-0.2, 0) is 13.0 Å². The van der Waals surface area contributed by atoms with Crippen molar-refractivity contribution >= 4 is 17.3 Å². The maximum Gasteiger partial charge on any atom is 0.235 e. The Morgan fingerprint density at radius 1 is 1.21 bits per heavy atom. The molecule has 2 aromatic heterocycles. The molecule has 1 N–H and O–H groups in total. The van der Waals surface area contributed by atoms with E-state index in [4.69, 9.17) is 16.0 Å². The second-order valence-electron chi connectivity index (χ2n) is 5.76. The van der Waals surface area contributed by atoms with Crippen LogP contribution in [0.4, 0.5) is 5.69 Å². The van der Waals surface area contributed by atoms with Crippen molar-refractivity contribution in [3.63, 3.8) is 0 Å². The highest BCUT2D eigenvalue weighted by atomic mass is 35.5. The zero-order chi connectivity index (χ0) is 17.1. The van der Waals surface area contributed by atoms with Crippen molar-refractivity contribution in [3.05, 3.63) is 53.0 Å². The van der Waals surface area contributed by atoms with Gasteiger partial charge < -0.3 is 9.73 Å². The van der Waals surface area contributed by atoms with Gasteiger partial charge in [0, 0.05) is 6.42 Å². The number of para-hydroxylation sites is 1. The molecule has 0 aliphatic rings. The number of aryl methyl sites for hydroxylation is 1. The standard InChI is InChI=1S/C17H20ClN5O/c1-4-15-21-22-16(24-15)10-19-13-9-20-23(17(13)11(2)3)14-8-6-5-7-12(14)18/h5-9,11,19H,4,10H2,1-3H3. The number of nitrogens with one attached hydrogen (secondary N) is 1. The Labute approximate surface area is 145 Å². The molecule has 0 unspecified atom stereocenters. The van der Waals surface area contributed by atoms with Gasteiger partial charge in [-0.2, -0.15) is 5.10 Å². The van der Waals surface area contributed by atoms with E-state index in [1.165, 1.54) is 0 Å². The number of anilines is 1. The molecule has 0 radical (unpaired) electrons. The van der Waals surface area contributed by atoms with Crippen LogP contribution >= 0.6 is 11.6 Å². The summed E-state index contributed by atoms with van der Waals surface area (Å²) in [6.45, 7) is 6.69. The van der Waals surface area contributed by atoms with Gasteiger partial charge in [0.1, 0.15) is 0 Å². The normalized spacial score (nSPS) is 11.2. The van der Waals surface area contributed by atoms with Crippen LogP contribution in [0.15, 0.2) is 34.9 Å². The lowest BCUT2D eigenvalue weighted by atomic mass is 10.1. The van der Waals surface area contributed by atoms with Gasteiger partial charge in [-0.25, -0.2) is 4.68 Å². The summed E-state index contributed by atoms with van der Waals surface area (Å²) < 4.78 is 7.41. The maximum atomic E-state index is 6.32. The van der Waals surface area contributed by atoms with Crippen molar-refractivity contribution in [1.82, 2.24) is 20.0 Å². The first-order valence-corrected chi connectivity index (χ1v) is 8.35. The van der Waals surface area contributed by atoms with E-state index in [2.05, 4.69) is 34.5 Å². The van der Waals surface area contributed by atoms with Crippen LogP contribution in [0.1, 0.15) is 44.2 Å². The molecule has 0 aliphatic carbocycles. The predicted octanol–water partition coefficient (Wildman–Crippen LogP) is 4.21. The van der Waals surface area contributed by atoms with Crippen LogP contribution in [0.5, 0.6) is 0 Å². The monoisotopic (exact) mass is 345 g/mol. The van der Waals surface area contributed by atoms with Crippen LogP contribution in [0.3, 0.4) is 0 Å². The fraction of sp³-hybridized carbons (Fsp3) is 0.353. The van der Waals surface area contributed by atoms with Gasteiger partial charge in [0.2, 0.25) is 11.8 Å². The lowest BCUT2D eigenvalue weighted by molar-refractivity contribution is 0.460. The predicted molar refractivity (Wildman–Crippen MR) is 93.7 cm³/mol. The Balaban J connectivity index is 1.87. The molecule has 6 nitrogen and oxygen atoms in total. The summed E-state index contributed by atoms with van der Waals surface area (Å²) in [5.41, 5.74) is 2.85. The molecule has 0 bridgehead atoms. The van der Waals surface area contributed by atoms with Crippen LogP contribution in [0.25, 0.3) is 5.69 Å². The molecular formula is C17H20ClN5O. The van der Waals surface area contributed by atoms with Crippen molar-refractivity contribution in [2.45, 2.75) is 39.7 Å². The van der Waals surface area contributed by atoms with Crippen LogP contribution in [0, 0.1) is 0 Å². The highest BCUT2D eigenvalue weighted by Gasteiger charge is 2.17. The third kappa shape index (κ3) is 3.28. The van der Waals surface area contributed by atoms with Crippen molar-refractivity contribution in [2.75, 3.05) is 5.32 Å². The topological polar surface area (TPSA) is 68.8 Å². The second kappa shape index (κ2) is 7.05. The van der Waals surface area contributed by atoms with Crippen molar-refractivity contribution in [1.29, 1.82) is 0 Å². The summed E-state index contributed by atoms with van der Waals surface area (Å²) in [4.78, 5) is 0. The highest BCUT2D eigenvalue weighted by Crippen LogP contribution is 2.30. The average molecular weight is 346 g/mol. The number of aromatic nitrogens is 4. The molecule has 0 aliphatic heterocycles. The Kier molecular flexibility index (Phi) is 4.85. The second-order valence-corrected chi connectivity index (χ2v) is 6.17. The molecule has 0 amide bonds. The van der Waals surface area contributed by atoms with E-state index in [-0.39, 0.29) is 5.92 Å². The van der Waals surface area contributed by atoms with Crippen LogP contribution < -0.4 is 5.32 Å². The maximum absolute atomic E-state index is 6.32. The number of nitrogens with zero attached hydrogens (tertiary/aromatic N) is 4. The fourth-order valence-electron chi connectivity index (χ4n) is 2.54. The molecule has 3 aromatic rings. The summed E-state index contributed by atoms with van der Waals surface area (Å²) in [7, 11) is 0. The molecule has 0 spiro atoms. The molecule has 2 heterocycles. The number of hydrogen-bond acceptors (Lipinski definition) is 5. The Bertz CT molecular complexity index is 824. The van der Waals surface area contributed by atoms with E-state index in [1.54, 1.807) is 6.20 Å². The molecule has 3 rings (SSSR count). The fourth-order valence-corrected chi connectivity index (χ4v) is 2.75. The molecule has 24 heavy (non-hydrogen) atoms. The Morgan fingerprint density at radius 3 is 2.62 bits per heavy atom. The summed E-state index contributed by atoms with van der Waals surface area (Å²) in [5.74, 6) is 1.47. The first-order valence-electron chi connectivity index (χ1n) is 7.98. The minimum atomic E-state index is 0.264. The number of rotatable bonds is 6. The smallest absolute Gasteiger partial charge is 0.235 e. The van der Waals surface area contributed by atoms with E-state index in [9.17, 15) is 0 Å². The van der Waals surface area contributed by atoms with Gasteiger partial charge in [-0.15, -0.1) is 10.2 Å². The molecule has 1 aromatic carbocycles. The molecule has 0 atom stereocenters. The lowest BCUT2D eigenvalue weighted by Gasteiger charge is -2.14. The zero-order valence-corrected chi connectivity index (χ0v) is 14.7. The number of halogens is 1. The quantitative estimate of drug-likeness (QED) is 0.724. The van der Waals surface area contributed by atoms with E-state index < -0.39 is 0 Å². The van der Waals surface area contributed by atoms with Crippen LogP contribution in [-0.4, -0.2) is 20.0 Å². The Hall–Kier alpha value is -2.34. The third-order valence-corrected chi connectivity index (χ3v) is 3.99. The summed E-state index contributed by atoms with van der Waals surface area (Å²) in [6.07, 6.45) is 2.53. The summed E-state index contributed by atoms with van der Waals surface area (Å²) >= 11 is 6.32. The largest absolute Gasteiger partial charge is 0.423 e. The van der Waals surface area contributed by atoms with Gasteiger partial charge in [-0.3, -0.25) is 0 Å². The number of benzene rings is 1. The minimum absolute atomic E-state index is 0.264. The molecule has 0 saturated carbocycles. The first kappa shape index (κ1) is 16.5. The van der Waals surface area contributed by atoms with Gasteiger partial charge in [-0.05, 0) is 18.1 Å². The van der Waals surface area contributed by atoms with Gasteiger partial charge in [0.15, 0.2) is 0 Å². The summed E-state index contributed by atoms with van der Waals surface area (Å²) in [6, 6.07) is 7.67. The summed E-state index contributed by atoms with van der Waals surface area (Å²) in [5, 5.41) is 16.5. The van der Waals surface area contributed by atoms with Gasteiger partial charge >= 0.3 is 0 Å². The Morgan fingerprint density at radius 2 is 1.96 bits per heavy atom. The third-order valence-electron chi connectivity index (χ3n) is 3.68. The van der Waals surface area contributed by atoms with E-state index >= 15 is 0 Å². The van der Waals surface area contributed by atoms with E-state index in [0.717, 1.165) is 23.5 Å². The highest BCUT2D eigenvalue weighted by molar-refractivity contribution is 6.32. The molecule has 0 saturated heterocycles. The van der Waals surface area contributed by atoms with Crippen LogP contribution in [0.2, 0.25) is 5.02 Å². The first-order chi connectivity index (χ1) is 11.6. The average Bonchev–Trinajstić information content (AvgIpc) is 3.20. The molecule has 0 fully saturated rings. The van der Waals surface area contributed by atoms with Gasteiger partial charge in [-0.1, -0.05) is 44.5 Å². The van der Waals surface area contributed by atoms with Gasteiger partial charge in [0.25, 0.3) is 0 Å². The van der Waals surface area contributed by atoms with Gasteiger partial charge in [0.05, 0.1) is 34.8 Å². The van der Waals surface area contributed by atoms with Crippen molar-refractivity contribution in [3.8, 4) is 5.69 Å². The molecular weight excluding hydrogens is 326 g/mol. The SMILES string of the molecule is CCc1nnc(CNc2cnn(-c3ccccc3Cl)c2C(C)C)o1. The van der Waals surface area contributed by atoms with Crippen molar-refractivity contribution < 1.29 is 4.42 Å². The zero-order valence-electron chi connectivity index (χ0n) is 14.0. The number of hydrogen-bond donors (Lipinski definition) is 1. The molecule has 7 heteroatoms. The molecule has 126 valence electrons. The van der Waals surface area contributed by atoms with E-state index in [1.807, 2.05) is 35.9 Å². The minimum Gasteiger partial charge on any atom is -0.423 e. The lowest BCUT2D eigenvalue weighted by Crippen LogP contribution is -2.07.